The van der Waals surface area contributed by atoms with Crippen LogP contribution in [-0.2, 0) is 13.5 Å². The van der Waals surface area contributed by atoms with Gasteiger partial charge in [-0.1, -0.05) is 0 Å². The van der Waals surface area contributed by atoms with E-state index in [4.69, 9.17) is 10.5 Å². The maximum Gasteiger partial charge on any atom is 0.120 e. The van der Waals surface area contributed by atoms with Gasteiger partial charge in [-0.15, -0.1) is 11.8 Å². The average molecular weight is 263 g/mol. The van der Waals surface area contributed by atoms with Crippen molar-refractivity contribution in [1.82, 2.24) is 9.78 Å². The van der Waals surface area contributed by atoms with Gasteiger partial charge < -0.3 is 10.5 Å². The van der Waals surface area contributed by atoms with Crippen LogP contribution in [0.15, 0.2) is 35.4 Å². The van der Waals surface area contributed by atoms with E-state index < -0.39 is 0 Å². The summed E-state index contributed by atoms with van der Waals surface area (Å²) >= 11 is 1.74. The zero-order chi connectivity index (χ0) is 13.0. The van der Waals surface area contributed by atoms with E-state index >= 15 is 0 Å². The van der Waals surface area contributed by atoms with Gasteiger partial charge in [-0.2, -0.15) is 5.10 Å². The van der Waals surface area contributed by atoms with E-state index in [0.29, 0.717) is 0 Å². The first-order valence-corrected chi connectivity index (χ1v) is 6.72. The topological polar surface area (TPSA) is 53.1 Å². The second-order valence-electron chi connectivity index (χ2n) is 3.95. The van der Waals surface area contributed by atoms with E-state index in [0.717, 1.165) is 28.5 Å². The molecule has 0 aliphatic carbocycles. The molecular formula is C13H17N3OS. The predicted molar refractivity (Wildman–Crippen MR) is 75.0 cm³/mol. The highest BCUT2D eigenvalue weighted by Gasteiger charge is 2.04. The molecule has 0 atom stereocenters. The number of methoxy groups -OCH3 is 1. The van der Waals surface area contributed by atoms with Crippen molar-refractivity contribution in [2.24, 2.45) is 7.05 Å². The van der Waals surface area contributed by atoms with Gasteiger partial charge in [-0.05, 0) is 30.7 Å². The molecule has 0 aliphatic rings. The van der Waals surface area contributed by atoms with Crippen LogP contribution in [0.3, 0.4) is 0 Å². The third-order valence-electron chi connectivity index (χ3n) is 2.76. The fourth-order valence-corrected chi connectivity index (χ4v) is 2.64. The summed E-state index contributed by atoms with van der Waals surface area (Å²) in [5.74, 6) is 1.81. The number of nitrogens with two attached hydrogens (primary N) is 1. The fraction of sp³-hybridized carbons (Fsp3) is 0.308. The monoisotopic (exact) mass is 263 g/mol. The van der Waals surface area contributed by atoms with Gasteiger partial charge in [0.1, 0.15) is 5.75 Å². The number of nitrogen functional groups attached to an aromatic ring is 1. The summed E-state index contributed by atoms with van der Waals surface area (Å²) in [5.41, 5.74) is 7.96. The van der Waals surface area contributed by atoms with E-state index in [1.54, 1.807) is 18.9 Å². The van der Waals surface area contributed by atoms with Crippen LogP contribution < -0.4 is 10.5 Å². The van der Waals surface area contributed by atoms with Crippen molar-refractivity contribution in [3.8, 4) is 5.75 Å². The number of anilines is 1. The van der Waals surface area contributed by atoms with Crippen molar-refractivity contribution < 1.29 is 4.74 Å². The fourth-order valence-electron chi connectivity index (χ4n) is 1.68. The third-order valence-corrected chi connectivity index (χ3v) is 3.83. The second kappa shape index (κ2) is 5.82. The second-order valence-corrected chi connectivity index (χ2v) is 5.09. The van der Waals surface area contributed by atoms with E-state index in [-0.39, 0.29) is 0 Å². The van der Waals surface area contributed by atoms with Crippen LogP contribution in [-0.4, -0.2) is 22.6 Å². The summed E-state index contributed by atoms with van der Waals surface area (Å²) in [6, 6.07) is 7.77. The van der Waals surface area contributed by atoms with Crippen LogP contribution in [0.2, 0.25) is 0 Å². The molecule has 18 heavy (non-hydrogen) atoms. The number of thioether (sulfide) groups is 1. The molecule has 0 saturated carbocycles. The molecule has 1 heterocycles. The molecule has 0 fully saturated rings. The summed E-state index contributed by atoms with van der Waals surface area (Å²) in [4.78, 5) is 1.07. The first kappa shape index (κ1) is 12.8. The number of aromatic nitrogens is 2. The number of rotatable bonds is 5. The minimum Gasteiger partial charge on any atom is -0.497 e. The van der Waals surface area contributed by atoms with Crippen LogP contribution >= 0.6 is 11.8 Å². The van der Waals surface area contributed by atoms with Gasteiger partial charge in [-0.25, -0.2) is 0 Å². The predicted octanol–water partition coefficient (Wildman–Crippen LogP) is 2.35. The van der Waals surface area contributed by atoms with E-state index in [2.05, 4.69) is 5.10 Å². The number of hydrogen-bond donors (Lipinski definition) is 1. The lowest BCUT2D eigenvalue weighted by Crippen LogP contribution is -1.99. The van der Waals surface area contributed by atoms with Gasteiger partial charge in [0.25, 0.3) is 0 Å². The molecule has 0 radical (unpaired) electrons. The standard InChI is InChI=1S/C13H17N3OS/c1-16-10(5-7-15-16)6-8-18-13-9-11(17-2)3-4-12(13)14/h3-5,7,9H,6,8,14H2,1-2H3. The number of ether oxygens (including phenoxy) is 1. The zero-order valence-corrected chi connectivity index (χ0v) is 11.4. The lowest BCUT2D eigenvalue weighted by Gasteiger charge is -2.08. The Bertz CT molecular complexity index is 525. The van der Waals surface area contributed by atoms with Crippen LogP contribution in [0.4, 0.5) is 5.69 Å². The molecule has 1 aromatic heterocycles. The maximum absolute atomic E-state index is 5.94. The van der Waals surface area contributed by atoms with Crippen molar-refractivity contribution in [2.75, 3.05) is 18.6 Å². The maximum atomic E-state index is 5.94. The Morgan fingerprint density at radius 3 is 2.89 bits per heavy atom. The molecule has 4 nitrogen and oxygen atoms in total. The molecular weight excluding hydrogens is 246 g/mol. The molecule has 2 aromatic rings. The van der Waals surface area contributed by atoms with E-state index in [9.17, 15) is 0 Å². The number of nitrogens with zero attached hydrogens (tertiary/aromatic N) is 2. The number of benzene rings is 1. The van der Waals surface area contributed by atoms with Gasteiger partial charge in [0.15, 0.2) is 0 Å². The minimum atomic E-state index is 0.797. The van der Waals surface area contributed by atoms with Crippen molar-refractivity contribution in [3.63, 3.8) is 0 Å². The van der Waals surface area contributed by atoms with Crippen LogP contribution in [0, 0.1) is 0 Å². The first-order chi connectivity index (χ1) is 8.70. The van der Waals surface area contributed by atoms with Crippen molar-refractivity contribution >= 4 is 17.4 Å². The van der Waals surface area contributed by atoms with Gasteiger partial charge in [0.05, 0.1) is 7.11 Å². The molecule has 1 aromatic carbocycles. The molecule has 5 heteroatoms. The molecule has 0 saturated heterocycles. The highest BCUT2D eigenvalue weighted by atomic mass is 32.2. The SMILES string of the molecule is COc1ccc(N)c(SCCc2ccnn2C)c1. The van der Waals surface area contributed by atoms with Gasteiger partial charge >= 0.3 is 0 Å². The van der Waals surface area contributed by atoms with Crippen LogP contribution in [0.1, 0.15) is 5.69 Å². The molecule has 0 aliphatic heterocycles. The molecule has 0 bridgehead atoms. The molecule has 0 spiro atoms. The third kappa shape index (κ3) is 2.98. The van der Waals surface area contributed by atoms with Crippen molar-refractivity contribution in [3.05, 3.63) is 36.2 Å². The van der Waals surface area contributed by atoms with E-state index in [1.165, 1.54) is 5.69 Å². The molecule has 0 unspecified atom stereocenters. The molecule has 96 valence electrons. The molecule has 2 N–H and O–H groups in total. The Kier molecular flexibility index (Phi) is 4.15. The first-order valence-electron chi connectivity index (χ1n) is 5.74. The van der Waals surface area contributed by atoms with Gasteiger partial charge in [-0.3, -0.25) is 4.68 Å². The smallest absolute Gasteiger partial charge is 0.120 e. The lowest BCUT2D eigenvalue weighted by molar-refractivity contribution is 0.414. The summed E-state index contributed by atoms with van der Waals surface area (Å²) in [5, 5.41) is 4.15. The quantitative estimate of drug-likeness (QED) is 0.664. The normalized spacial score (nSPS) is 10.6. The van der Waals surface area contributed by atoms with Crippen molar-refractivity contribution in [1.29, 1.82) is 0 Å². The Morgan fingerprint density at radius 2 is 2.22 bits per heavy atom. The van der Waals surface area contributed by atoms with Crippen LogP contribution in [0.25, 0.3) is 0 Å². The summed E-state index contributed by atoms with van der Waals surface area (Å²) < 4.78 is 7.10. The Morgan fingerprint density at radius 1 is 1.39 bits per heavy atom. The summed E-state index contributed by atoms with van der Waals surface area (Å²) in [7, 11) is 3.62. The highest BCUT2D eigenvalue weighted by molar-refractivity contribution is 7.99. The Labute approximate surface area is 111 Å². The van der Waals surface area contributed by atoms with E-state index in [1.807, 2.05) is 42.2 Å². The lowest BCUT2D eigenvalue weighted by atomic mass is 10.3. The summed E-state index contributed by atoms with van der Waals surface area (Å²) in [6.07, 6.45) is 2.79. The Hall–Kier alpha value is -1.62. The number of hydrogen-bond acceptors (Lipinski definition) is 4. The van der Waals surface area contributed by atoms with Gasteiger partial charge in [0.2, 0.25) is 0 Å². The Balaban J connectivity index is 1.96. The molecule has 0 amide bonds. The zero-order valence-electron chi connectivity index (χ0n) is 10.6. The molecule has 2 rings (SSSR count). The average Bonchev–Trinajstić information content (AvgIpc) is 2.77. The highest BCUT2D eigenvalue weighted by Crippen LogP contribution is 2.29. The van der Waals surface area contributed by atoms with Crippen LogP contribution in [0.5, 0.6) is 5.75 Å². The van der Waals surface area contributed by atoms with Gasteiger partial charge in [0, 0.05) is 35.3 Å². The summed E-state index contributed by atoms with van der Waals surface area (Å²) in [6.45, 7) is 0. The number of aryl methyl sites for hydroxylation is 2. The minimum absolute atomic E-state index is 0.797. The van der Waals surface area contributed by atoms with Crippen molar-refractivity contribution in [2.45, 2.75) is 11.3 Å². The largest absolute Gasteiger partial charge is 0.497 e.